The minimum absolute atomic E-state index is 0.225. The Hall–Kier alpha value is -1.62. The summed E-state index contributed by atoms with van der Waals surface area (Å²) < 4.78 is 0. The SMILES string of the molecule is CC(NC(=O)NC(=O)CCl)c1cccnc1. The molecular weight excluding hydrogens is 230 g/mol. The summed E-state index contributed by atoms with van der Waals surface area (Å²) in [5.41, 5.74) is 0.857. The van der Waals surface area contributed by atoms with Gasteiger partial charge in [0, 0.05) is 12.4 Å². The number of hydrogen-bond donors (Lipinski definition) is 2. The molecule has 1 atom stereocenters. The van der Waals surface area contributed by atoms with Gasteiger partial charge >= 0.3 is 6.03 Å². The molecule has 0 fully saturated rings. The summed E-state index contributed by atoms with van der Waals surface area (Å²) in [4.78, 5) is 26.0. The lowest BCUT2D eigenvalue weighted by Gasteiger charge is -2.13. The standard InChI is InChI=1S/C10H12ClN3O2/c1-7(8-3-2-4-12-6-8)13-10(16)14-9(15)5-11/h2-4,6-7H,5H2,1H3,(H2,13,14,15,16). The highest BCUT2D eigenvalue weighted by Crippen LogP contribution is 2.08. The second-order valence-electron chi connectivity index (χ2n) is 3.16. The number of urea groups is 1. The molecule has 86 valence electrons. The summed E-state index contributed by atoms with van der Waals surface area (Å²) in [6.07, 6.45) is 3.29. The number of carbonyl (C=O) groups excluding carboxylic acids is 2. The fourth-order valence-corrected chi connectivity index (χ4v) is 1.18. The topological polar surface area (TPSA) is 71.1 Å². The largest absolute Gasteiger partial charge is 0.331 e. The van der Waals surface area contributed by atoms with Crippen LogP contribution in [0.3, 0.4) is 0 Å². The van der Waals surface area contributed by atoms with Gasteiger partial charge in [0.1, 0.15) is 5.88 Å². The Morgan fingerprint density at radius 1 is 1.56 bits per heavy atom. The van der Waals surface area contributed by atoms with E-state index >= 15 is 0 Å². The number of aromatic nitrogens is 1. The number of carbonyl (C=O) groups is 2. The minimum Gasteiger partial charge on any atom is -0.331 e. The van der Waals surface area contributed by atoms with Crippen LogP contribution in [0.25, 0.3) is 0 Å². The van der Waals surface area contributed by atoms with Crippen molar-refractivity contribution in [3.8, 4) is 0 Å². The molecule has 1 rings (SSSR count). The Labute approximate surface area is 98.2 Å². The number of halogens is 1. The smallest absolute Gasteiger partial charge is 0.321 e. The van der Waals surface area contributed by atoms with Gasteiger partial charge in [-0.05, 0) is 18.6 Å². The average Bonchev–Trinajstić information content (AvgIpc) is 2.29. The van der Waals surface area contributed by atoms with E-state index in [1.165, 1.54) is 0 Å². The van der Waals surface area contributed by atoms with E-state index in [9.17, 15) is 9.59 Å². The van der Waals surface area contributed by atoms with Gasteiger partial charge < -0.3 is 5.32 Å². The Morgan fingerprint density at radius 2 is 2.31 bits per heavy atom. The number of hydrogen-bond acceptors (Lipinski definition) is 3. The Kier molecular flexibility index (Phi) is 4.72. The fourth-order valence-electron chi connectivity index (χ4n) is 1.11. The van der Waals surface area contributed by atoms with Crippen molar-refractivity contribution in [1.82, 2.24) is 15.6 Å². The molecule has 1 heterocycles. The molecule has 5 nitrogen and oxygen atoms in total. The first-order valence-electron chi connectivity index (χ1n) is 4.69. The third kappa shape index (κ3) is 3.86. The molecule has 0 aliphatic rings. The number of rotatable bonds is 3. The van der Waals surface area contributed by atoms with E-state index in [0.29, 0.717) is 0 Å². The van der Waals surface area contributed by atoms with Gasteiger partial charge in [-0.2, -0.15) is 0 Å². The van der Waals surface area contributed by atoms with Crippen molar-refractivity contribution in [2.24, 2.45) is 0 Å². The van der Waals surface area contributed by atoms with Crippen LogP contribution in [0.2, 0.25) is 0 Å². The van der Waals surface area contributed by atoms with Crippen LogP contribution in [0.1, 0.15) is 18.5 Å². The molecule has 0 aliphatic carbocycles. The highest BCUT2D eigenvalue weighted by molar-refractivity contribution is 6.28. The van der Waals surface area contributed by atoms with Crippen LogP contribution in [0.4, 0.5) is 4.79 Å². The maximum atomic E-state index is 11.3. The van der Waals surface area contributed by atoms with Crippen molar-refractivity contribution in [3.05, 3.63) is 30.1 Å². The number of pyridine rings is 1. The molecule has 3 amide bonds. The van der Waals surface area contributed by atoms with Crippen molar-refractivity contribution < 1.29 is 9.59 Å². The molecule has 0 saturated carbocycles. The second kappa shape index (κ2) is 6.07. The maximum absolute atomic E-state index is 11.3. The van der Waals surface area contributed by atoms with Crippen LogP contribution in [0, 0.1) is 0 Å². The maximum Gasteiger partial charge on any atom is 0.321 e. The van der Waals surface area contributed by atoms with Crippen LogP contribution in [-0.2, 0) is 4.79 Å². The first-order valence-corrected chi connectivity index (χ1v) is 5.23. The third-order valence-corrected chi connectivity index (χ3v) is 2.15. The Bertz CT molecular complexity index is 370. The minimum atomic E-state index is -0.568. The quantitative estimate of drug-likeness (QED) is 0.782. The Morgan fingerprint density at radius 3 is 2.88 bits per heavy atom. The third-order valence-electron chi connectivity index (χ3n) is 1.91. The van der Waals surface area contributed by atoms with Gasteiger partial charge in [-0.1, -0.05) is 6.07 Å². The van der Waals surface area contributed by atoms with E-state index in [4.69, 9.17) is 11.6 Å². The van der Waals surface area contributed by atoms with Gasteiger partial charge in [-0.15, -0.1) is 11.6 Å². The number of nitrogens with zero attached hydrogens (tertiary/aromatic N) is 1. The zero-order valence-corrected chi connectivity index (χ0v) is 9.49. The van der Waals surface area contributed by atoms with Gasteiger partial charge in [0.15, 0.2) is 0 Å². The van der Waals surface area contributed by atoms with Crippen molar-refractivity contribution in [3.63, 3.8) is 0 Å². The normalized spacial score (nSPS) is 11.6. The van der Waals surface area contributed by atoms with E-state index < -0.39 is 11.9 Å². The van der Waals surface area contributed by atoms with E-state index in [1.807, 2.05) is 6.07 Å². The molecule has 16 heavy (non-hydrogen) atoms. The molecule has 1 aromatic heterocycles. The van der Waals surface area contributed by atoms with Crippen molar-refractivity contribution in [1.29, 1.82) is 0 Å². The lowest BCUT2D eigenvalue weighted by atomic mass is 10.1. The highest BCUT2D eigenvalue weighted by Gasteiger charge is 2.11. The number of alkyl halides is 1. The predicted molar refractivity (Wildman–Crippen MR) is 60.0 cm³/mol. The molecule has 6 heteroatoms. The molecular formula is C10H12ClN3O2. The summed E-state index contributed by atoms with van der Waals surface area (Å²) >= 11 is 5.25. The van der Waals surface area contributed by atoms with Gasteiger partial charge in [0.25, 0.3) is 0 Å². The molecule has 2 N–H and O–H groups in total. The molecule has 0 bridgehead atoms. The molecule has 1 aromatic rings. The summed E-state index contributed by atoms with van der Waals surface area (Å²) in [6, 6.07) is 2.82. The predicted octanol–water partition coefficient (Wildman–Crippen LogP) is 1.21. The monoisotopic (exact) mass is 241 g/mol. The first kappa shape index (κ1) is 12.4. The van der Waals surface area contributed by atoms with E-state index in [2.05, 4.69) is 15.6 Å². The summed E-state index contributed by atoms with van der Waals surface area (Å²) in [7, 11) is 0. The molecule has 0 aliphatic heterocycles. The zero-order chi connectivity index (χ0) is 12.0. The molecule has 0 radical (unpaired) electrons. The van der Waals surface area contributed by atoms with E-state index in [1.54, 1.807) is 25.4 Å². The number of nitrogens with one attached hydrogen (secondary N) is 2. The van der Waals surface area contributed by atoms with Crippen molar-refractivity contribution in [2.75, 3.05) is 5.88 Å². The molecule has 0 spiro atoms. The van der Waals surface area contributed by atoms with Gasteiger partial charge in [-0.3, -0.25) is 15.1 Å². The second-order valence-corrected chi connectivity index (χ2v) is 3.43. The number of amides is 3. The molecule has 1 unspecified atom stereocenters. The summed E-state index contributed by atoms with van der Waals surface area (Å²) in [5, 5.41) is 4.68. The van der Waals surface area contributed by atoms with Gasteiger partial charge in [0.05, 0.1) is 6.04 Å². The van der Waals surface area contributed by atoms with E-state index in [0.717, 1.165) is 5.56 Å². The fraction of sp³-hybridized carbons (Fsp3) is 0.300. The number of imide groups is 1. The summed E-state index contributed by atoms with van der Waals surface area (Å²) in [6.45, 7) is 1.79. The Balaban J connectivity index is 2.49. The summed E-state index contributed by atoms with van der Waals surface area (Å²) in [5.74, 6) is -0.771. The van der Waals surface area contributed by atoms with Crippen LogP contribution < -0.4 is 10.6 Å². The van der Waals surface area contributed by atoms with Crippen LogP contribution in [0.5, 0.6) is 0 Å². The first-order chi connectivity index (χ1) is 7.63. The van der Waals surface area contributed by atoms with Gasteiger partial charge in [-0.25, -0.2) is 4.79 Å². The van der Waals surface area contributed by atoms with Crippen LogP contribution >= 0.6 is 11.6 Å². The molecule has 0 aromatic carbocycles. The zero-order valence-electron chi connectivity index (χ0n) is 8.74. The van der Waals surface area contributed by atoms with E-state index in [-0.39, 0.29) is 11.9 Å². The van der Waals surface area contributed by atoms with Crippen molar-refractivity contribution >= 4 is 23.5 Å². The van der Waals surface area contributed by atoms with Gasteiger partial charge in [0.2, 0.25) is 5.91 Å². The lowest BCUT2D eigenvalue weighted by molar-refractivity contribution is -0.117. The highest BCUT2D eigenvalue weighted by atomic mass is 35.5. The lowest BCUT2D eigenvalue weighted by Crippen LogP contribution is -2.41. The average molecular weight is 242 g/mol. The van der Waals surface area contributed by atoms with Crippen molar-refractivity contribution in [2.45, 2.75) is 13.0 Å². The van der Waals surface area contributed by atoms with Crippen LogP contribution in [0.15, 0.2) is 24.5 Å². The molecule has 0 saturated heterocycles. The van der Waals surface area contributed by atoms with Crippen LogP contribution in [-0.4, -0.2) is 22.8 Å².